The van der Waals surface area contributed by atoms with Crippen LogP contribution in [-0.4, -0.2) is 30.4 Å². The molecule has 2 aromatic heterocycles. The highest BCUT2D eigenvalue weighted by molar-refractivity contribution is 7.16. The molecule has 2 aliphatic rings. The summed E-state index contributed by atoms with van der Waals surface area (Å²) < 4.78 is 5.15. The highest BCUT2D eigenvalue weighted by atomic mass is 32.1. The Morgan fingerprint density at radius 3 is 2.95 bits per heavy atom. The van der Waals surface area contributed by atoms with Gasteiger partial charge >= 0.3 is 0 Å². The highest BCUT2D eigenvalue weighted by Crippen LogP contribution is 2.43. The predicted octanol–water partition coefficient (Wildman–Crippen LogP) is 3.28. The molecule has 0 bridgehead atoms. The van der Waals surface area contributed by atoms with Crippen molar-refractivity contribution >= 4 is 22.2 Å². The second-order valence-corrected chi connectivity index (χ2v) is 7.90. The molecular weight excluding hydrogens is 296 g/mol. The Kier molecular flexibility index (Phi) is 3.35. The van der Waals surface area contributed by atoms with Crippen molar-refractivity contribution in [2.75, 3.05) is 24.5 Å². The Morgan fingerprint density at radius 2 is 2.23 bits per heavy atom. The second-order valence-electron chi connectivity index (χ2n) is 6.63. The lowest BCUT2D eigenvalue weighted by Gasteiger charge is -2.23. The fourth-order valence-corrected chi connectivity index (χ4v) is 4.62. The molecule has 4 rings (SSSR count). The van der Waals surface area contributed by atoms with Crippen LogP contribution in [0.5, 0.6) is 0 Å². The van der Waals surface area contributed by atoms with Gasteiger partial charge in [-0.25, -0.2) is 0 Å². The molecule has 0 saturated carbocycles. The number of hydrogen-bond donors (Lipinski definition) is 0. The van der Waals surface area contributed by atoms with Crippen LogP contribution in [0.3, 0.4) is 0 Å². The van der Waals surface area contributed by atoms with E-state index >= 15 is 0 Å². The average molecular weight is 316 g/mol. The summed E-state index contributed by atoms with van der Waals surface area (Å²) >= 11 is 1.71. The van der Waals surface area contributed by atoms with Crippen molar-refractivity contribution in [1.29, 1.82) is 0 Å². The normalized spacial score (nSPS) is 25.7. The Hall–Kier alpha value is -1.59. The van der Waals surface area contributed by atoms with Gasteiger partial charge in [0.25, 0.3) is 0 Å². The monoisotopic (exact) mass is 316 g/mol. The molecule has 2 fully saturated rings. The van der Waals surface area contributed by atoms with Gasteiger partial charge in [0.15, 0.2) is 0 Å². The van der Waals surface area contributed by atoms with Crippen molar-refractivity contribution in [3.8, 4) is 0 Å². The zero-order chi connectivity index (χ0) is 15.2. The van der Waals surface area contributed by atoms with Gasteiger partial charge in [0.2, 0.25) is 5.91 Å². The quantitative estimate of drug-likeness (QED) is 0.872. The Morgan fingerprint density at radius 1 is 1.32 bits per heavy atom. The van der Waals surface area contributed by atoms with Crippen LogP contribution in [0.25, 0.3) is 0 Å². The van der Waals surface area contributed by atoms with Gasteiger partial charge in [-0.2, -0.15) is 0 Å². The lowest BCUT2D eigenvalue weighted by molar-refractivity contribution is -0.117. The summed E-state index contributed by atoms with van der Waals surface area (Å²) in [5, 5.41) is 1.10. The lowest BCUT2D eigenvalue weighted by Crippen LogP contribution is -2.30. The molecule has 0 N–H and O–H groups in total. The summed E-state index contributed by atoms with van der Waals surface area (Å²) in [6, 6.07) is 6.19. The molecule has 4 nitrogen and oxygen atoms in total. The Balaban J connectivity index is 1.46. The molecule has 1 atom stereocenters. The maximum atomic E-state index is 12.5. The van der Waals surface area contributed by atoms with Crippen LogP contribution in [0.2, 0.25) is 0 Å². The second kappa shape index (κ2) is 5.25. The van der Waals surface area contributed by atoms with E-state index in [0.29, 0.717) is 6.42 Å². The topological polar surface area (TPSA) is 36.7 Å². The van der Waals surface area contributed by atoms with Gasteiger partial charge in [0, 0.05) is 41.9 Å². The molecule has 116 valence electrons. The van der Waals surface area contributed by atoms with Crippen molar-refractivity contribution in [3.05, 3.63) is 41.2 Å². The number of anilines is 1. The molecule has 2 saturated heterocycles. The maximum Gasteiger partial charge on any atom is 0.228 e. The van der Waals surface area contributed by atoms with Gasteiger partial charge in [-0.1, -0.05) is 0 Å². The summed E-state index contributed by atoms with van der Waals surface area (Å²) in [4.78, 5) is 18.2. The molecule has 2 aliphatic heterocycles. The zero-order valence-electron chi connectivity index (χ0n) is 12.7. The Bertz CT molecular complexity index is 679. The first kappa shape index (κ1) is 14.0. The molecular formula is C17H20N2O2S. The van der Waals surface area contributed by atoms with Gasteiger partial charge in [0.05, 0.1) is 17.5 Å². The highest BCUT2D eigenvalue weighted by Gasteiger charge is 2.47. The van der Waals surface area contributed by atoms with Crippen LogP contribution >= 0.6 is 11.3 Å². The SMILES string of the molecule is Cc1ccc(N2CC3(CCN(Cc4ccoc4)C3)CC2=O)s1. The van der Waals surface area contributed by atoms with Crippen LogP contribution in [0.15, 0.2) is 35.1 Å². The first-order valence-corrected chi connectivity index (χ1v) is 8.56. The van der Waals surface area contributed by atoms with Crippen LogP contribution in [0.1, 0.15) is 23.3 Å². The van der Waals surface area contributed by atoms with Crippen LogP contribution in [-0.2, 0) is 11.3 Å². The van der Waals surface area contributed by atoms with Crippen molar-refractivity contribution in [1.82, 2.24) is 4.90 Å². The predicted molar refractivity (Wildman–Crippen MR) is 87.1 cm³/mol. The minimum absolute atomic E-state index is 0.138. The number of rotatable bonds is 3. The van der Waals surface area contributed by atoms with Gasteiger partial charge in [0.1, 0.15) is 0 Å². The number of amides is 1. The minimum Gasteiger partial charge on any atom is -0.472 e. The average Bonchev–Trinajstić information content (AvgIpc) is 3.22. The molecule has 1 spiro atoms. The Labute approximate surface area is 134 Å². The summed E-state index contributed by atoms with van der Waals surface area (Å²) in [6.07, 6.45) is 5.33. The number of likely N-dealkylation sites (tertiary alicyclic amines) is 1. The first-order chi connectivity index (χ1) is 10.6. The number of aryl methyl sites for hydroxylation is 1. The van der Waals surface area contributed by atoms with E-state index in [4.69, 9.17) is 4.42 Å². The van der Waals surface area contributed by atoms with Crippen molar-refractivity contribution < 1.29 is 9.21 Å². The number of nitrogens with zero attached hydrogens (tertiary/aromatic N) is 2. The lowest BCUT2D eigenvalue weighted by atomic mass is 9.86. The van der Waals surface area contributed by atoms with E-state index in [9.17, 15) is 4.79 Å². The molecule has 0 aromatic carbocycles. The summed E-state index contributed by atoms with van der Waals surface area (Å²) in [5.41, 5.74) is 1.35. The van der Waals surface area contributed by atoms with E-state index in [0.717, 1.165) is 37.6 Å². The summed E-state index contributed by atoms with van der Waals surface area (Å²) in [6.45, 7) is 5.95. The molecule has 5 heteroatoms. The van der Waals surface area contributed by atoms with E-state index in [1.165, 1.54) is 10.4 Å². The van der Waals surface area contributed by atoms with E-state index in [1.807, 2.05) is 17.2 Å². The fourth-order valence-electron chi connectivity index (χ4n) is 3.74. The van der Waals surface area contributed by atoms with Crippen LogP contribution < -0.4 is 4.90 Å². The van der Waals surface area contributed by atoms with Gasteiger partial charge in [-0.15, -0.1) is 11.3 Å². The third-order valence-electron chi connectivity index (χ3n) is 4.82. The van der Waals surface area contributed by atoms with Gasteiger partial charge < -0.3 is 9.32 Å². The molecule has 4 heterocycles. The van der Waals surface area contributed by atoms with Gasteiger partial charge in [-0.3, -0.25) is 9.69 Å². The number of carbonyl (C=O) groups is 1. The minimum atomic E-state index is 0.138. The van der Waals surface area contributed by atoms with E-state index in [-0.39, 0.29) is 11.3 Å². The summed E-state index contributed by atoms with van der Waals surface area (Å²) in [7, 11) is 0. The van der Waals surface area contributed by atoms with Crippen LogP contribution in [0, 0.1) is 12.3 Å². The molecule has 2 aromatic rings. The first-order valence-electron chi connectivity index (χ1n) is 7.74. The van der Waals surface area contributed by atoms with E-state index in [2.05, 4.69) is 24.0 Å². The number of furan rings is 1. The molecule has 0 radical (unpaired) electrons. The summed E-state index contributed by atoms with van der Waals surface area (Å²) in [5.74, 6) is 0.284. The van der Waals surface area contributed by atoms with E-state index in [1.54, 1.807) is 17.6 Å². The fraction of sp³-hybridized carbons (Fsp3) is 0.471. The third-order valence-corrected chi connectivity index (χ3v) is 5.84. The molecule has 1 unspecified atom stereocenters. The molecule has 1 amide bonds. The number of thiophene rings is 1. The molecule has 22 heavy (non-hydrogen) atoms. The van der Waals surface area contributed by atoms with Gasteiger partial charge in [-0.05, 0) is 38.1 Å². The standard InChI is InChI=1S/C17H20N2O2S/c1-13-2-3-16(22-13)19-12-17(8-15(19)20)5-6-18(11-17)9-14-4-7-21-10-14/h2-4,7,10H,5-6,8-9,11-12H2,1H3. The zero-order valence-corrected chi connectivity index (χ0v) is 13.6. The van der Waals surface area contributed by atoms with Crippen molar-refractivity contribution in [2.24, 2.45) is 5.41 Å². The van der Waals surface area contributed by atoms with Crippen LogP contribution in [0.4, 0.5) is 5.00 Å². The largest absolute Gasteiger partial charge is 0.472 e. The van der Waals surface area contributed by atoms with E-state index < -0.39 is 0 Å². The number of hydrogen-bond acceptors (Lipinski definition) is 4. The molecule has 0 aliphatic carbocycles. The van der Waals surface area contributed by atoms with Crippen molar-refractivity contribution in [3.63, 3.8) is 0 Å². The smallest absolute Gasteiger partial charge is 0.228 e. The maximum absolute atomic E-state index is 12.5. The number of carbonyl (C=O) groups excluding carboxylic acids is 1. The third kappa shape index (κ3) is 2.48. The van der Waals surface area contributed by atoms with Crippen molar-refractivity contribution in [2.45, 2.75) is 26.3 Å².